The number of fused-ring (bicyclic) bond motifs is 4. The predicted octanol–water partition coefficient (Wildman–Crippen LogP) is 5.56. The zero-order valence-electron chi connectivity index (χ0n) is 29.5. The molecular formula is C39H42N2O10. The standard InChI is InChI=1S/C39H42N2O10/c1-21(2)34(44)49-29-13-14-37(4)28(38(29,5)20-47-22(3)42)17-30(50-35(45)24-11-9-23(18-40)10-12-24)39(6)33(37)32(43)31-27(51-39)16-26(48-36(31)46)25-8-7-15-41-19-25/h7-12,15-16,19,21,28-30,32-33,43H,13-14,17,20H2,1-6H3/t28?,29-,30-,32-,33?,37-,38?,39+/m0/s1. The molecule has 12 heteroatoms. The van der Waals surface area contributed by atoms with Crippen LogP contribution in [0.25, 0.3) is 11.3 Å². The highest BCUT2D eigenvalue weighted by molar-refractivity contribution is 5.89. The third-order valence-corrected chi connectivity index (χ3v) is 11.3. The Morgan fingerprint density at radius 2 is 1.82 bits per heavy atom. The second-order valence-corrected chi connectivity index (χ2v) is 14.9. The number of hydrogen-bond donors (Lipinski definition) is 1. The van der Waals surface area contributed by atoms with Gasteiger partial charge in [0.1, 0.15) is 41.5 Å². The Bertz CT molecular complexity index is 1940. The number of carbonyl (C=O) groups excluding carboxylic acids is 3. The van der Waals surface area contributed by atoms with Crippen LogP contribution in [0.5, 0.6) is 5.75 Å². The minimum absolute atomic E-state index is 0.0563. The predicted molar refractivity (Wildman–Crippen MR) is 181 cm³/mol. The molecule has 0 bridgehead atoms. The van der Waals surface area contributed by atoms with E-state index in [-0.39, 0.29) is 35.7 Å². The zero-order valence-corrected chi connectivity index (χ0v) is 29.5. The number of rotatable bonds is 7. The monoisotopic (exact) mass is 698 g/mol. The van der Waals surface area contributed by atoms with Crippen molar-refractivity contribution < 1.29 is 42.9 Å². The highest BCUT2D eigenvalue weighted by atomic mass is 16.6. The Labute approximate surface area is 295 Å². The Kier molecular flexibility index (Phi) is 9.31. The van der Waals surface area contributed by atoms with Gasteiger partial charge < -0.3 is 28.5 Å². The molecule has 51 heavy (non-hydrogen) atoms. The Balaban J connectivity index is 1.50. The van der Waals surface area contributed by atoms with Crippen molar-refractivity contribution in [2.45, 2.75) is 84.7 Å². The van der Waals surface area contributed by atoms with Crippen molar-refractivity contribution >= 4 is 17.9 Å². The maximum atomic E-state index is 13.8. The Morgan fingerprint density at radius 1 is 1.10 bits per heavy atom. The minimum atomic E-state index is -1.42. The zero-order chi connectivity index (χ0) is 36.9. The lowest BCUT2D eigenvalue weighted by Gasteiger charge is -2.66. The van der Waals surface area contributed by atoms with Gasteiger partial charge in [0.05, 0.1) is 29.2 Å². The number of hydrogen-bond acceptors (Lipinski definition) is 12. The van der Waals surface area contributed by atoms with Gasteiger partial charge in [0.2, 0.25) is 0 Å². The van der Waals surface area contributed by atoms with Crippen LogP contribution in [0.3, 0.4) is 0 Å². The molecule has 2 saturated carbocycles. The number of carbonyl (C=O) groups is 3. The number of pyridine rings is 1. The van der Waals surface area contributed by atoms with Crippen LogP contribution in [0.2, 0.25) is 0 Å². The molecule has 1 N–H and O–H groups in total. The van der Waals surface area contributed by atoms with E-state index in [4.69, 9.17) is 23.4 Å². The number of nitrogens with zero attached hydrogens (tertiary/aromatic N) is 2. The second kappa shape index (κ2) is 13.3. The lowest BCUT2D eigenvalue weighted by molar-refractivity contribution is -0.267. The van der Waals surface area contributed by atoms with E-state index in [0.29, 0.717) is 24.0 Å². The van der Waals surface area contributed by atoms with Crippen LogP contribution >= 0.6 is 0 Å². The molecule has 0 amide bonds. The summed E-state index contributed by atoms with van der Waals surface area (Å²) in [5.74, 6) is -3.05. The molecule has 3 heterocycles. The largest absolute Gasteiger partial charge is 0.482 e. The summed E-state index contributed by atoms with van der Waals surface area (Å²) in [5, 5.41) is 21.6. The SMILES string of the molecule is CC(=O)OCC1(C)C2C[C@H](OC(=O)c3ccc(C#N)cc3)[C@@]3(C)Oc4cc(-c5cccnc5)oc(=O)c4[C@H](O)C3[C@@]2(C)CC[C@@H]1OC(=O)C(C)C. The molecule has 1 aromatic carbocycles. The third-order valence-electron chi connectivity index (χ3n) is 11.3. The number of nitriles is 1. The molecule has 6 rings (SSSR count). The van der Waals surface area contributed by atoms with Crippen LogP contribution in [0.1, 0.15) is 88.4 Å². The highest BCUT2D eigenvalue weighted by Gasteiger charge is 2.71. The van der Waals surface area contributed by atoms with Gasteiger partial charge in [-0.25, -0.2) is 9.59 Å². The maximum Gasteiger partial charge on any atom is 0.345 e. The Hall–Kier alpha value is -5.02. The molecule has 3 aromatic rings. The van der Waals surface area contributed by atoms with Crippen LogP contribution in [-0.2, 0) is 23.8 Å². The van der Waals surface area contributed by atoms with Crippen molar-refractivity contribution in [3.05, 3.63) is 82.0 Å². The van der Waals surface area contributed by atoms with Crippen molar-refractivity contribution in [3.8, 4) is 23.1 Å². The van der Waals surface area contributed by atoms with Crippen LogP contribution in [0, 0.1) is 39.9 Å². The normalized spacial score (nSPS) is 30.8. The molecule has 0 spiro atoms. The molecule has 1 aliphatic heterocycles. The third kappa shape index (κ3) is 6.18. The first-order valence-corrected chi connectivity index (χ1v) is 17.1. The molecule has 2 aliphatic carbocycles. The first-order valence-electron chi connectivity index (χ1n) is 17.1. The number of aliphatic hydroxyl groups is 1. The van der Waals surface area contributed by atoms with Gasteiger partial charge in [-0.1, -0.05) is 27.7 Å². The summed E-state index contributed by atoms with van der Waals surface area (Å²) in [5.41, 5.74) is -2.95. The second-order valence-electron chi connectivity index (χ2n) is 14.9. The highest BCUT2D eigenvalue weighted by Crippen LogP contribution is 2.67. The number of aliphatic hydroxyl groups excluding tert-OH is 1. The summed E-state index contributed by atoms with van der Waals surface area (Å²) in [7, 11) is 0. The van der Waals surface area contributed by atoms with Gasteiger partial charge in [-0.05, 0) is 73.9 Å². The smallest absolute Gasteiger partial charge is 0.345 e. The molecule has 268 valence electrons. The van der Waals surface area contributed by atoms with E-state index >= 15 is 0 Å². The van der Waals surface area contributed by atoms with Crippen molar-refractivity contribution in [1.29, 1.82) is 5.26 Å². The van der Waals surface area contributed by atoms with Gasteiger partial charge in [-0.2, -0.15) is 5.26 Å². The molecule has 0 saturated heterocycles. The van der Waals surface area contributed by atoms with E-state index in [1.54, 1.807) is 45.2 Å². The van der Waals surface area contributed by atoms with Gasteiger partial charge in [0, 0.05) is 42.3 Å². The summed E-state index contributed by atoms with van der Waals surface area (Å²) in [6.07, 6.45) is 1.01. The van der Waals surface area contributed by atoms with Crippen LogP contribution in [0.15, 0.2) is 64.1 Å². The summed E-state index contributed by atoms with van der Waals surface area (Å²) in [6.45, 7) is 10.3. The molecule has 12 nitrogen and oxygen atoms in total. The average molecular weight is 699 g/mol. The van der Waals surface area contributed by atoms with Crippen molar-refractivity contribution in [3.63, 3.8) is 0 Å². The average Bonchev–Trinajstić information content (AvgIpc) is 3.09. The van der Waals surface area contributed by atoms with Gasteiger partial charge in [0.15, 0.2) is 0 Å². The number of ether oxygens (including phenoxy) is 4. The van der Waals surface area contributed by atoms with E-state index in [0.717, 1.165) is 0 Å². The summed E-state index contributed by atoms with van der Waals surface area (Å²) >= 11 is 0. The lowest BCUT2D eigenvalue weighted by atomic mass is 9.42. The summed E-state index contributed by atoms with van der Waals surface area (Å²) in [4.78, 5) is 56.9. The summed E-state index contributed by atoms with van der Waals surface area (Å²) < 4.78 is 30.6. The fourth-order valence-corrected chi connectivity index (χ4v) is 8.79. The molecule has 0 radical (unpaired) electrons. The lowest BCUT2D eigenvalue weighted by Crippen LogP contribution is -2.71. The van der Waals surface area contributed by atoms with Crippen LogP contribution in [0.4, 0.5) is 0 Å². The number of aromatic nitrogens is 1. The maximum absolute atomic E-state index is 13.8. The minimum Gasteiger partial charge on any atom is -0.482 e. The van der Waals surface area contributed by atoms with Crippen molar-refractivity contribution in [1.82, 2.24) is 4.98 Å². The van der Waals surface area contributed by atoms with E-state index in [9.17, 15) is 29.5 Å². The van der Waals surface area contributed by atoms with Crippen molar-refractivity contribution in [2.24, 2.45) is 28.6 Å². The topological polar surface area (TPSA) is 175 Å². The summed E-state index contributed by atoms with van der Waals surface area (Å²) in [6, 6.07) is 13.0. The van der Waals surface area contributed by atoms with E-state index in [1.165, 1.54) is 37.4 Å². The molecule has 3 aliphatic rings. The van der Waals surface area contributed by atoms with Gasteiger partial charge in [0.25, 0.3) is 0 Å². The van der Waals surface area contributed by atoms with E-state index < -0.39 is 76.0 Å². The van der Waals surface area contributed by atoms with Gasteiger partial charge in [-0.15, -0.1) is 0 Å². The number of esters is 3. The van der Waals surface area contributed by atoms with Crippen LogP contribution in [-0.4, -0.2) is 52.4 Å². The van der Waals surface area contributed by atoms with Gasteiger partial charge in [-0.3, -0.25) is 14.6 Å². The molecule has 3 unspecified atom stereocenters. The van der Waals surface area contributed by atoms with Crippen molar-refractivity contribution in [2.75, 3.05) is 6.61 Å². The fourth-order valence-electron chi connectivity index (χ4n) is 8.79. The first kappa shape index (κ1) is 35.8. The molecule has 2 aromatic heterocycles. The number of benzene rings is 1. The van der Waals surface area contributed by atoms with E-state index in [2.05, 4.69) is 4.98 Å². The van der Waals surface area contributed by atoms with Crippen LogP contribution < -0.4 is 10.4 Å². The molecular weight excluding hydrogens is 656 g/mol. The fraction of sp³-hybridized carbons (Fsp3) is 0.487. The first-order chi connectivity index (χ1) is 24.1. The quantitative estimate of drug-likeness (QED) is 0.241. The van der Waals surface area contributed by atoms with Gasteiger partial charge >= 0.3 is 23.5 Å². The van der Waals surface area contributed by atoms with E-state index in [1.807, 2.05) is 19.9 Å². The molecule has 2 fully saturated rings. The molecule has 8 atom stereocenters. The Morgan fingerprint density at radius 3 is 2.45 bits per heavy atom.